The van der Waals surface area contributed by atoms with E-state index in [-0.39, 0.29) is 24.0 Å². The topological polar surface area (TPSA) is 38.9 Å². The van der Waals surface area contributed by atoms with Crippen molar-refractivity contribution < 1.29 is 33.3 Å². The zero-order valence-corrected chi connectivity index (χ0v) is 14.4. The molecule has 0 saturated carbocycles. The van der Waals surface area contributed by atoms with Gasteiger partial charge in [0.2, 0.25) is 0 Å². The molecule has 2 heterocycles. The largest absolute Gasteiger partial charge is 1.00 e. The molecule has 2 rings (SSSR count). The third kappa shape index (κ3) is 4.82. The zero-order chi connectivity index (χ0) is 13.5. The van der Waals surface area contributed by atoms with Gasteiger partial charge in [-0.05, 0) is 25.3 Å². The van der Waals surface area contributed by atoms with Crippen LogP contribution < -0.4 is 33.3 Å². The maximum atomic E-state index is 5.71. The van der Waals surface area contributed by atoms with Crippen LogP contribution in [0.5, 0.6) is 5.88 Å². The molecular weight excluding hydrogens is 385 g/mol. The molecule has 2 aromatic rings. The fourth-order valence-corrected chi connectivity index (χ4v) is 2.26. The van der Waals surface area contributed by atoms with Gasteiger partial charge in [0.1, 0.15) is 7.05 Å². The van der Waals surface area contributed by atoms with Crippen LogP contribution in [0.25, 0.3) is 11.3 Å². The van der Waals surface area contributed by atoms with Gasteiger partial charge in [0.05, 0.1) is 23.9 Å². The first kappa shape index (κ1) is 17.0. The highest BCUT2D eigenvalue weighted by atomic mass is 127. The monoisotopic (exact) mass is 403 g/mol. The van der Waals surface area contributed by atoms with Crippen molar-refractivity contribution in [2.45, 2.75) is 19.3 Å². The Labute approximate surface area is 140 Å². The molecule has 0 bridgehead atoms. The molecule has 0 N–H and O–H groups in total. The molecule has 0 aliphatic rings. The first-order chi connectivity index (χ1) is 9.31. The lowest BCUT2D eigenvalue weighted by molar-refractivity contribution is -0.671. The second kappa shape index (κ2) is 9.02. The maximum Gasteiger partial charge on any atom is 0.254 e. The van der Waals surface area contributed by atoms with Gasteiger partial charge in [0.15, 0.2) is 18.1 Å². The van der Waals surface area contributed by atoms with E-state index in [9.17, 15) is 0 Å². The van der Waals surface area contributed by atoms with Crippen LogP contribution in [0.2, 0.25) is 0 Å². The predicted molar refractivity (Wildman–Crippen MR) is 76.1 cm³/mol. The van der Waals surface area contributed by atoms with Gasteiger partial charge in [0, 0.05) is 6.07 Å². The quantitative estimate of drug-likeness (QED) is 0.278. The van der Waals surface area contributed by atoms with Gasteiger partial charge in [-0.25, -0.2) is 4.57 Å². The zero-order valence-electron chi connectivity index (χ0n) is 11.5. The number of unbranched alkanes of at least 4 members (excludes halogenated alkanes) is 2. The highest BCUT2D eigenvalue weighted by molar-refractivity contribution is 6.99. The minimum Gasteiger partial charge on any atom is -1.00 e. The molecule has 4 nitrogen and oxygen atoms in total. The highest BCUT2D eigenvalue weighted by Crippen LogP contribution is 2.26. The molecular formula is C14H18IN3OS. The Morgan fingerprint density at radius 2 is 2.25 bits per heavy atom. The normalized spacial score (nSPS) is 9.85. The summed E-state index contributed by atoms with van der Waals surface area (Å²) in [7, 11) is 1.99. The van der Waals surface area contributed by atoms with Crippen molar-refractivity contribution in [1.29, 1.82) is 0 Å². The molecule has 0 spiro atoms. The Hall–Kier alpha value is -1.02. The van der Waals surface area contributed by atoms with Crippen LogP contribution in [0.1, 0.15) is 19.3 Å². The molecule has 0 aromatic carbocycles. The lowest BCUT2D eigenvalue weighted by Gasteiger charge is -2.03. The van der Waals surface area contributed by atoms with E-state index < -0.39 is 0 Å². The molecule has 108 valence electrons. The molecule has 0 unspecified atom stereocenters. The van der Waals surface area contributed by atoms with Crippen molar-refractivity contribution in [3.8, 4) is 17.1 Å². The Balaban J connectivity index is 0.00000200. The number of rotatable bonds is 7. The predicted octanol–water partition coefficient (Wildman–Crippen LogP) is -0.231. The molecule has 0 fully saturated rings. The second-order valence-corrected chi connectivity index (χ2v) is 4.84. The van der Waals surface area contributed by atoms with Gasteiger partial charge >= 0.3 is 0 Å². The number of hydrogen-bond acceptors (Lipinski definition) is 4. The Bertz CT molecular complexity index is 545. The second-order valence-electron chi connectivity index (χ2n) is 4.31. The van der Waals surface area contributed by atoms with Crippen molar-refractivity contribution >= 4 is 11.7 Å². The summed E-state index contributed by atoms with van der Waals surface area (Å²) >= 11 is 1.18. The van der Waals surface area contributed by atoms with Crippen molar-refractivity contribution in [2.24, 2.45) is 7.05 Å². The first-order valence-electron chi connectivity index (χ1n) is 6.33. The van der Waals surface area contributed by atoms with E-state index in [1.165, 1.54) is 11.7 Å². The summed E-state index contributed by atoms with van der Waals surface area (Å²) in [5, 5.41) is 0. The summed E-state index contributed by atoms with van der Waals surface area (Å²) in [6, 6.07) is 4.00. The number of allylic oxidation sites excluding steroid dienone is 1. The van der Waals surface area contributed by atoms with Crippen molar-refractivity contribution in [2.75, 3.05) is 6.61 Å². The van der Waals surface area contributed by atoms with Crippen LogP contribution in [0.4, 0.5) is 0 Å². The molecule has 0 saturated heterocycles. The maximum absolute atomic E-state index is 5.71. The number of pyridine rings is 1. The van der Waals surface area contributed by atoms with Crippen LogP contribution in [0.15, 0.2) is 37.2 Å². The Morgan fingerprint density at radius 1 is 1.40 bits per heavy atom. The van der Waals surface area contributed by atoms with Gasteiger partial charge in [-0.3, -0.25) is 0 Å². The van der Waals surface area contributed by atoms with Crippen molar-refractivity contribution in [3.63, 3.8) is 0 Å². The van der Waals surface area contributed by atoms with E-state index in [0.29, 0.717) is 12.5 Å². The minimum absolute atomic E-state index is 0. The Kier molecular flexibility index (Phi) is 7.68. The summed E-state index contributed by atoms with van der Waals surface area (Å²) < 4.78 is 16.2. The van der Waals surface area contributed by atoms with Gasteiger partial charge in [-0.2, -0.15) is 4.37 Å². The average molecular weight is 403 g/mol. The van der Waals surface area contributed by atoms with Gasteiger partial charge in [0.25, 0.3) is 5.88 Å². The number of aromatic nitrogens is 3. The fourth-order valence-electron chi connectivity index (χ4n) is 1.74. The number of halogens is 1. The summed E-state index contributed by atoms with van der Waals surface area (Å²) in [6.45, 7) is 4.38. The van der Waals surface area contributed by atoms with Crippen molar-refractivity contribution in [3.05, 3.63) is 37.2 Å². The summed E-state index contributed by atoms with van der Waals surface area (Å²) in [5.41, 5.74) is 1.85. The lowest BCUT2D eigenvalue weighted by Crippen LogP contribution is -3.00. The van der Waals surface area contributed by atoms with Gasteiger partial charge < -0.3 is 28.7 Å². The van der Waals surface area contributed by atoms with E-state index in [2.05, 4.69) is 15.3 Å². The fraction of sp³-hybridized carbons (Fsp3) is 0.357. The number of ether oxygens (including phenoxy) is 1. The SMILES string of the molecule is C=CCCCCOc1nsnc1-c1ccc[n+](C)c1.[I-]. The summed E-state index contributed by atoms with van der Waals surface area (Å²) in [4.78, 5) is 0. The number of hydrogen-bond donors (Lipinski definition) is 0. The number of aryl methyl sites for hydroxylation is 1. The third-order valence-corrected chi connectivity index (χ3v) is 3.22. The van der Waals surface area contributed by atoms with Crippen LogP contribution >= 0.6 is 11.7 Å². The molecule has 0 aliphatic carbocycles. The molecule has 6 heteroatoms. The molecule has 20 heavy (non-hydrogen) atoms. The van der Waals surface area contributed by atoms with E-state index in [1.807, 2.05) is 42.2 Å². The van der Waals surface area contributed by atoms with Crippen LogP contribution in [-0.2, 0) is 7.05 Å². The van der Waals surface area contributed by atoms with E-state index in [1.54, 1.807) is 0 Å². The minimum atomic E-state index is 0. The lowest BCUT2D eigenvalue weighted by atomic mass is 10.2. The smallest absolute Gasteiger partial charge is 0.254 e. The molecule has 0 amide bonds. The highest BCUT2D eigenvalue weighted by Gasteiger charge is 2.14. The summed E-state index contributed by atoms with van der Waals surface area (Å²) in [5.74, 6) is 0.634. The summed E-state index contributed by atoms with van der Waals surface area (Å²) in [6.07, 6.45) is 9.06. The average Bonchev–Trinajstić information content (AvgIpc) is 2.87. The van der Waals surface area contributed by atoms with Gasteiger partial charge in [-0.15, -0.1) is 11.0 Å². The molecule has 0 aliphatic heterocycles. The number of nitrogens with zero attached hydrogens (tertiary/aromatic N) is 3. The molecule has 0 atom stereocenters. The van der Waals surface area contributed by atoms with Crippen LogP contribution in [0, 0.1) is 0 Å². The third-order valence-electron chi connectivity index (χ3n) is 2.71. The van der Waals surface area contributed by atoms with E-state index >= 15 is 0 Å². The first-order valence-corrected chi connectivity index (χ1v) is 7.06. The standard InChI is InChI=1S/C14H18N3OS.HI/c1-3-4-5-6-10-18-14-13(15-19-16-14)12-8-7-9-17(2)11-12;/h3,7-9,11H,1,4-6,10H2,2H3;1H/q+1;/p-1. The Morgan fingerprint density at radius 3 is 3.00 bits per heavy atom. The van der Waals surface area contributed by atoms with Crippen LogP contribution in [0.3, 0.4) is 0 Å². The van der Waals surface area contributed by atoms with Crippen LogP contribution in [-0.4, -0.2) is 15.4 Å². The van der Waals surface area contributed by atoms with Crippen molar-refractivity contribution in [1.82, 2.24) is 8.75 Å². The van der Waals surface area contributed by atoms with E-state index in [4.69, 9.17) is 4.74 Å². The molecule has 2 aromatic heterocycles. The molecule has 0 radical (unpaired) electrons. The van der Waals surface area contributed by atoms with Gasteiger partial charge in [-0.1, -0.05) is 6.08 Å². The van der Waals surface area contributed by atoms with E-state index in [0.717, 1.165) is 30.5 Å².